The zero-order chi connectivity index (χ0) is 30.3. The average Bonchev–Trinajstić information content (AvgIpc) is 2.92. The normalized spacial score (nSPS) is 12.4. The topological polar surface area (TPSA) is 83.8 Å². The van der Waals surface area contributed by atoms with E-state index in [2.05, 4.69) is 13.8 Å². The van der Waals surface area contributed by atoms with Crippen LogP contribution in [-0.2, 0) is 14.6 Å². The van der Waals surface area contributed by atoms with Crippen molar-refractivity contribution < 1.29 is 22.3 Å². The summed E-state index contributed by atoms with van der Waals surface area (Å²) in [6.45, 7) is 4.40. The van der Waals surface area contributed by atoms with Gasteiger partial charge in [-0.2, -0.15) is 8.42 Å². The van der Waals surface area contributed by atoms with Gasteiger partial charge in [-0.05, 0) is 12.8 Å². The number of hydrogen-bond donors (Lipinski definition) is 2. The summed E-state index contributed by atoms with van der Waals surface area (Å²) < 4.78 is 38.1. The number of hydrogen-bond acceptors (Lipinski definition) is 4. The third-order valence-electron chi connectivity index (χ3n) is 8.82. The summed E-state index contributed by atoms with van der Waals surface area (Å²) in [6.07, 6.45) is 37.0. The Hall–Kier alpha value is -0.170. The second-order valence-corrected chi connectivity index (χ2v) is 13.9. The molecule has 6 heteroatoms. The Balaban J connectivity index is 4.04. The van der Waals surface area contributed by atoms with Crippen molar-refractivity contribution in [2.24, 2.45) is 0 Å². The molecule has 0 aromatic heterocycles. The van der Waals surface area contributed by atoms with Crippen LogP contribution in [0.15, 0.2) is 0 Å². The van der Waals surface area contributed by atoms with Crippen molar-refractivity contribution in [1.29, 1.82) is 0 Å². The minimum Gasteiger partial charge on any atom is -0.396 e. The zero-order valence-electron chi connectivity index (χ0n) is 27.7. The summed E-state index contributed by atoms with van der Waals surface area (Å²) in [5, 5.41) is 9.67. The fourth-order valence-electron chi connectivity index (χ4n) is 6.21. The number of rotatable bonds is 34. The van der Waals surface area contributed by atoms with Gasteiger partial charge in [-0.1, -0.05) is 194 Å². The van der Waals surface area contributed by atoms with Gasteiger partial charge < -0.3 is 5.11 Å². The molecule has 0 aliphatic heterocycles. The van der Waals surface area contributed by atoms with Crippen molar-refractivity contribution in [1.82, 2.24) is 0 Å². The molecule has 248 valence electrons. The van der Waals surface area contributed by atoms with Gasteiger partial charge in [-0.15, -0.1) is 0 Å². The number of aliphatic hydroxyl groups excluding tert-OH is 1. The van der Waals surface area contributed by atoms with Gasteiger partial charge in [-0.3, -0.25) is 4.55 Å². The van der Waals surface area contributed by atoms with E-state index >= 15 is 0 Å². The molecule has 0 aliphatic rings. The van der Waals surface area contributed by atoms with Crippen LogP contribution in [0.3, 0.4) is 0 Å². The highest BCUT2D eigenvalue weighted by Gasteiger charge is 2.34. The van der Waals surface area contributed by atoms with Gasteiger partial charge in [0.1, 0.15) is 0 Å². The molecule has 2 N–H and O–H groups in total. The first-order valence-electron chi connectivity index (χ1n) is 18.2. The Bertz CT molecular complexity index is 590. The third-order valence-corrected chi connectivity index (χ3v) is 9.39. The zero-order valence-corrected chi connectivity index (χ0v) is 28.5. The van der Waals surface area contributed by atoms with Crippen LogP contribution in [0.1, 0.15) is 213 Å². The maximum Gasteiger partial charge on any atom is 0.397 e. The highest BCUT2D eigenvalue weighted by atomic mass is 32.3. The summed E-state index contributed by atoms with van der Waals surface area (Å²) >= 11 is 0. The summed E-state index contributed by atoms with van der Waals surface area (Å²) in [7, 11) is -4.55. The fourth-order valence-corrected chi connectivity index (χ4v) is 6.91. The lowest BCUT2D eigenvalue weighted by molar-refractivity contribution is 0.0166. The van der Waals surface area contributed by atoms with Crippen molar-refractivity contribution in [2.45, 2.75) is 218 Å². The standard InChI is InChI=1S/C35H72O5S/c1-3-5-7-9-11-13-15-17-19-21-23-25-27-29-31-35(33-34-36,40-41(37,38)39)32-30-28-26-24-22-20-18-16-14-12-10-8-6-4-2/h36H,3-34H2,1-2H3,(H,37,38,39). The van der Waals surface area contributed by atoms with E-state index in [1.54, 1.807) is 0 Å². The number of aliphatic hydroxyl groups is 1. The average molecular weight is 605 g/mol. The molecule has 0 aromatic carbocycles. The van der Waals surface area contributed by atoms with Gasteiger partial charge in [-0.25, -0.2) is 4.18 Å². The molecule has 5 nitrogen and oxygen atoms in total. The first-order valence-corrected chi connectivity index (χ1v) is 19.5. The predicted octanol–water partition coefficient (Wildman–Crippen LogP) is 11.7. The Morgan fingerprint density at radius 3 is 0.902 bits per heavy atom. The van der Waals surface area contributed by atoms with Crippen molar-refractivity contribution >= 4 is 10.4 Å². The predicted molar refractivity (Wildman–Crippen MR) is 177 cm³/mol. The molecule has 0 fully saturated rings. The Labute approximate surface area is 257 Å². The molecule has 41 heavy (non-hydrogen) atoms. The van der Waals surface area contributed by atoms with E-state index < -0.39 is 16.0 Å². The number of unbranched alkanes of at least 4 members (excludes halogenated alkanes) is 26. The van der Waals surface area contributed by atoms with E-state index in [9.17, 15) is 18.1 Å². The van der Waals surface area contributed by atoms with E-state index in [4.69, 9.17) is 4.18 Å². The first-order chi connectivity index (χ1) is 19.9. The molecule has 0 heterocycles. The van der Waals surface area contributed by atoms with E-state index in [1.165, 1.54) is 141 Å². The molecule has 0 aromatic rings. The van der Waals surface area contributed by atoms with Crippen LogP contribution in [0.25, 0.3) is 0 Å². The molecule has 0 atom stereocenters. The lowest BCUT2D eigenvalue weighted by atomic mass is 9.87. The van der Waals surface area contributed by atoms with Crippen LogP contribution in [0.5, 0.6) is 0 Å². The Morgan fingerprint density at radius 1 is 0.439 bits per heavy atom. The summed E-state index contributed by atoms with van der Waals surface area (Å²) in [6, 6.07) is 0. The Morgan fingerprint density at radius 2 is 0.683 bits per heavy atom. The SMILES string of the molecule is CCCCCCCCCCCCCCCCC(CCO)(CCCCCCCCCCCCCCCC)OS(=O)(=O)O. The Kier molecular flexibility index (Phi) is 29.8. The van der Waals surface area contributed by atoms with Crippen molar-refractivity contribution in [2.75, 3.05) is 6.61 Å². The lowest BCUT2D eigenvalue weighted by Gasteiger charge is -2.31. The molecule has 0 aliphatic carbocycles. The quantitative estimate of drug-likeness (QED) is 0.0564. The highest BCUT2D eigenvalue weighted by molar-refractivity contribution is 7.80. The van der Waals surface area contributed by atoms with Crippen LogP contribution >= 0.6 is 0 Å². The van der Waals surface area contributed by atoms with Crippen LogP contribution in [0.2, 0.25) is 0 Å². The van der Waals surface area contributed by atoms with Crippen LogP contribution in [-0.4, -0.2) is 30.3 Å². The maximum absolute atomic E-state index is 11.7. The minimum atomic E-state index is -4.55. The van der Waals surface area contributed by atoms with Gasteiger partial charge in [0, 0.05) is 13.0 Å². The minimum absolute atomic E-state index is 0.132. The lowest BCUT2D eigenvalue weighted by Crippen LogP contribution is -2.36. The molecule has 0 saturated heterocycles. The van der Waals surface area contributed by atoms with Crippen LogP contribution in [0.4, 0.5) is 0 Å². The second-order valence-electron chi connectivity index (χ2n) is 12.9. The fraction of sp³-hybridized carbons (Fsp3) is 1.00. The van der Waals surface area contributed by atoms with Crippen molar-refractivity contribution in [3.63, 3.8) is 0 Å². The van der Waals surface area contributed by atoms with Crippen molar-refractivity contribution in [3.05, 3.63) is 0 Å². The molecule has 0 bridgehead atoms. The molecule has 0 rings (SSSR count). The van der Waals surface area contributed by atoms with Gasteiger partial charge in [0.15, 0.2) is 0 Å². The van der Waals surface area contributed by atoms with E-state index in [0.29, 0.717) is 12.8 Å². The molecule has 0 radical (unpaired) electrons. The highest BCUT2D eigenvalue weighted by Crippen LogP contribution is 2.32. The largest absolute Gasteiger partial charge is 0.397 e. The summed E-state index contributed by atoms with van der Waals surface area (Å²) in [5.41, 5.74) is -0.976. The molecular weight excluding hydrogens is 532 g/mol. The monoisotopic (exact) mass is 605 g/mol. The maximum atomic E-state index is 11.7. The molecule has 0 saturated carbocycles. The molecule has 0 spiro atoms. The van der Waals surface area contributed by atoms with E-state index in [-0.39, 0.29) is 13.0 Å². The molecule has 0 unspecified atom stereocenters. The second kappa shape index (κ2) is 29.9. The van der Waals surface area contributed by atoms with Gasteiger partial charge >= 0.3 is 10.4 Å². The van der Waals surface area contributed by atoms with Crippen LogP contribution in [0, 0.1) is 0 Å². The molecule has 0 amide bonds. The summed E-state index contributed by atoms with van der Waals surface area (Å²) in [5.74, 6) is 0. The summed E-state index contributed by atoms with van der Waals surface area (Å²) in [4.78, 5) is 0. The van der Waals surface area contributed by atoms with Gasteiger partial charge in [0.2, 0.25) is 0 Å². The van der Waals surface area contributed by atoms with Gasteiger partial charge in [0.05, 0.1) is 5.60 Å². The van der Waals surface area contributed by atoms with E-state index in [1.807, 2.05) is 0 Å². The van der Waals surface area contributed by atoms with Crippen molar-refractivity contribution in [3.8, 4) is 0 Å². The van der Waals surface area contributed by atoms with E-state index in [0.717, 1.165) is 38.5 Å². The molecular formula is C35H72O5S. The first kappa shape index (κ1) is 40.8. The van der Waals surface area contributed by atoms with Crippen LogP contribution < -0.4 is 0 Å². The van der Waals surface area contributed by atoms with Gasteiger partial charge in [0.25, 0.3) is 0 Å². The third kappa shape index (κ3) is 29.7. The smallest absolute Gasteiger partial charge is 0.396 e.